The molecule has 3 aromatic rings. The van der Waals surface area contributed by atoms with Gasteiger partial charge in [0.15, 0.2) is 5.43 Å². The number of hydrogen-bond acceptors (Lipinski definition) is 3. The molecule has 0 aliphatic heterocycles. The number of anilines is 1. The van der Waals surface area contributed by atoms with Crippen LogP contribution in [0.1, 0.15) is 53.6 Å². The Morgan fingerprint density at radius 1 is 1.13 bits per heavy atom. The lowest BCUT2D eigenvalue weighted by atomic mass is 10.0. The Bertz CT molecular complexity index is 1080. The molecule has 0 unspecified atom stereocenters. The van der Waals surface area contributed by atoms with Crippen LogP contribution in [0.4, 0.5) is 5.69 Å². The van der Waals surface area contributed by atoms with Crippen molar-refractivity contribution >= 4 is 23.2 Å². The van der Waals surface area contributed by atoms with Gasteiger partial charge < -0.3 is 9.88 Å². The molecule has 0 saturated carbocycles. The molecule has 6 heteroatoms. The van der Waals surface area contributed by atoms with Gasteiger partial charge in [-0.25, -0.2) is 0 Å². The molecule has 0 aliphatic rings. The summed E-state index contributed by atoms with van der Waals surface area (Å²) >= 11 is 6.20. The van der Waals surface area contributed by atoms with E-state index in [-0.39, 0.29) is 11.0 Å². The Balaban J connectivity index is 2.05. The van der Waals surface area contributed by atoms with E-state index in [2.05, 4.69) is 17.2 Å². The highest BCUT2D eigenvalue weighted by Crippen LogP contribution is 2.22. The zero-order valence-corrected chi connectivity index (χ0v) is 18.1. The van der Waals surface area contributed by atoms with Crippen molar-refractivity contribution in [1.82, 2.24) is 9.55 Å². The summed E-state index contributed by atoms with van der Waals surface area (Å²) in [5.41, 5.74) is 2.81. The van der Waals surface area contributed by atoms with Crippen molar-refractivity contribution in [1.29, 1.82) is 0 Å². The average Bonchev–Trinajstić information content (AvgIpc) is 2.73. The SMILES string of the molecule is CCCCCc1c(C(=O)Nc2ccccc2Cl)c(=O)cc(C)n1Cc1ccccn1. The highest BCUT2D eigenvalue weighted by atomic mass is 35.5. The quantitative estimate of drug-likeness (QED) is 0.504. The number of nitrogens with zero attached hydrogens (tertiary/aromatic N) is 2. The number of amides is 1. The van der Waals surface area contributed by atoms with E-state index in [9.17, 15) is 9.59 Å². The second-order valence-corrected chi connectivity index (χ2v) is 7.68. The maximum atomic E-state index is 13.2. The molecule has 0 atom stereocenters. The molecule has 0 spiro atoms. The van der Waals surface area contributed by atoms with Crippen LogP contribution in [-0.2, 0) is 13.0 Å². The lowest BCUT2D eigenvalue weighted by Crippen LogP contribution is -2.29. The van der Waals surface area contributed by atoms with Gasteiger partial charge in [0.1, 0.15) is 5.56 Å². The third kappa shape index (κ3) is 5.16. The minimum absolute atomic E-state index is 0.174. The van der Waals surface area contributed by atoms with Crippen molar-refractivity contribution in [2.75, 3.05) is 5.32 Å². The number of carbonyl (C=O) groups excluding carboxylic acids is 1. The molecule has 30 heavy (non-hydrogen) atoms. The molecule has 2 aromatic heterocycles. The van der Waals surface area contributed by atoms with E-state index in [1.165, 1.54) is 6.07 Å². The largest absolute Gasteiger partial charge is 0.342 e. The highest BCUT2D eigenvalue weighted by Gasteiger charge is 2.21. The molecule has 1 aromatic carbocycles. The van der Waals surface area contributed by atoms with Gasteiger partial charge in [-0.1, -0.05) is 49.6 Å². The van der Waals surface area contributed by atoms with Gasteiger partial charge in [0.25, 0.3) is 5.91 Å². The standard InChI is InChI=1S/C24H26ClN3O2/c1-3-4-5-13-21-23(24(30)27-20-12-7-6-11-19(20)25)22(29)15-17(2)28(21)16-18-10-8-9-14-26-18/h6-12,14-15H,3-5,13,16H2,1-2H3,(H,27,30). The number of benzene rings is 1. The highest BCUT2D eigenvalue weighted by molar-refractivity contribution is 6.33. The minimum Gasteiger partial charge on any atom is -0.342 e. The van der Waals surface area contributed by atoms with Gasteiger partial charge in [-0.2, -0.15) is 0 Å². The summed E-state index contributed by atoms with van der Waals surface area (Å²) < 4.78 is 2.03. The van der Waals surface area contributed by atoms with Crippen LogP contribution in [0.15, 0.2) is 59.5 Å². The zero-order chi connectivity index (χ0) is 21.5. The second-order valence-electron chi connectivity index (χ2n) is 7.27. The number of nitrogens with one attached hydrogen (secondary N) is 1. The van der Waals surface area contributed by atoms with Crippen LogP contribution < -0.4 is 10.7 Å². The number of hydrogen-bond donors (Lipinski definition) is 1. The van der Waals surface area contributed by atoms with E-state index in [4.69, 9.17) is 11.6 Å². The molecule has 2 heterocycles. The Kier molecular flexibility index (Phi) is 7.41. The second kappa shape index (κ2) is 10.2. The van der Waals surface area contributed by atoms with Crippen LogP contribution in [0.5, 0.6) is 0 Å². The molecule has 0 saturated heterocycles. The molecular formula is C24H26ClN3O2. The summed E-state index contributed by atoms with van der Waals surface area (Å²) in [5, 5.41) is 3.24. The van der Waals surface area contributed by atoms with Crippen LogP contribution >= 0.6 is 11.6 Å². The number of rotatable bonds is 8. The van der Waals surface area contributed by atoms with Crippen molar-refractivity contribution in [3.63, 3.8) is 0 Å². The summed E-state index contributed by atoms with van der Waals surface area (Å²) in [7, 11) is 0. The van der Waals surface area contributed by atoms with E-state index in [0.29, 0.717) is 23.7 Å². The number of aryl methyl sites for hydroxylation is 1. The maximum Gasteiger partial charge on any atom is 0.261 e. The molecule has 0 fully saturated rings. The topological polar surface area (TPSA) is 64.0 Å². The Morgan fingerprint density at radius 2 is 1.90 bits per heavy atom. The van der Waals surface area contributed by atoms with E-state index >= 15 is 0 Å². The Hall–Kier alpha value is -2.92. The summed E-state index contributed by atoms with van der Waals surface area (Å²) in [6.45, 7) is 4.52. The molecule has 156 valence electrons. The summed E-state index contributed by atoms with van der Waals surface area (Å²) in [4.78, 5) is 30.5. The smallest absolute Gasteiger partial charge is 0.261 e. The molecule has 0 aliphatic carbocycles. The molecule has 5 nitrogen and oxygen atoms in total. The fraction of sp³-hybridized carbons (Fsp3) is 0.292. The van der Waals surface area contributed by atoms with Crippen molar-refractivity contribution < 1.29 is 4.79 Å². The van der Waals surface area contributed by atoms with Gasteiger partial charge >= 0.3 is 0 Å². The van der Waals surface area contributed by atoms with Gasteiger partial charge in [0, 0.05) is 23.7 Å². The first kappa shape index (κ1) is 21.8. The van der Waals surface area contributed by atoms with Crippen molar-refractivity contribution in [3.05, 3.63) is 92.6 Å². The van der Waals surface area contributed by atoms with Gasteiger partial charge in [0.2, 0.25) is 0 Å². The fourth-order valence-electron chi connectivity index (χ4n) is 3.50. The zero-order valence-electron chi connectivity index (χ0n) is 17.3. The van der Waals surface area contributed by atoms with Gasteiger partial charge in [0.05, 0.1) is 22.9 Å². The Labute approximate surface area is 181 Å². The first-order valence-electron chi connectivity index (χ1n) is 10.2. The van der Waals surface area contributed by atoms with Crippen molar-refractivity contribution in [3.8, 4) is 0 Å². The molecule has 1 N–H and O–H groups in total. The van der Waals surface area contributed by atoms with E-state index in [1.54, 1.807) is 30.5 Å². The third-order valence-corrected chi connectivity index (χ3v) is 5.37. The van der Waals surface area contributed by atoms with Crippen LogP contribution in [0.3, 0.4) is 0 Å². The van der Waals surface area contributed by atoms with Crippen LogP contribution in [0.25, 0.3) is 0 Å². The number of pyridine rings is 2. The van der Waals surface area contributed by atoms with Gasteiger partial charge in [-0.3, -0.25) is 14.6 Å². The maximum absolute atomic E-state index is 13.2. The monoisotopic (exact) mass is 423 g/mol. The normalized spacial score (nSPS) is 10.8. The lowest BCUT2D eigenvalue weighted by Gasteiger charge is -2.20. The van der Waals surface area contributed by atoms with E-state index in [1.807, 2.05) is 29.7 Å². The average molecular weight is 424 g/mol. The number of carbonyl (C=O) groups is 1. The first-order chi connectivity index (χ1) is 14.5. The lowest BCUT2D eigenvalue weighted by molar-refractivity contribution is 0.102. The number of halogens is 1. The summed E-state index contributed by atoms with van der Waals surface area (Å²) in [5.74, 6) is -0.436. The Morgan fingerprint density at radius 3 is 2.60 bits per heavy atom. The van der Waals surface area contributed by atoms with Gasteiger partial charge in [-0.05, 0) is 44.0 Å². The molecule has 0 radical (unpaired) electrons. The van der Waals surface area contributed by atoms with Gasteiger partial charge in [-0.15, -0.1) is 0 Å². The fourth-order valence-corrected chi connectivity index (χ4v) is 3.68. The minimum atomic E-state index is -0.436. The van der Waals surface area contributed by atoms with E-state index in [0.717, 1.165) is 36.3 Å². The van der Waals surface area contributed by atoms with Crippen LogP contribution in [0, 0.1) is 6.92 Å². The number of aromatic nitrogens is 2. The molecular weight excluding hydrogens is 398 g/mol. The first-order valence-corrected chi connectivity index (χ1v) is 10.6. The molecule has 1 amide bonds. The summed E-state index contributed by atoms with van der Waals surface area (Å²) in [6.07, 6.45) is 5.36. The predicted octanol–water partition coefficient (Wildman–Crippen LogP) is 5.24. The third-order valence-electron chi connectivity index (χ3n) is 5.04. The number of unbranched alkanes of at least 4 members (excludes halogenated alkanes) is 2. The van der Waals surface area contributed by atoms with E-state index < -0.39 is 5.91 Å². The van der Waals surface area contributed by atoms with Crippen LogP contribution in [0.2, 0.25) is 5.02 Å². The molecule has 0 bridgehead atoms. The molecule has 3 rings (SSSR count). The van der Waals surface area contributed by atoms with Crippen molar-refractivity contribution in [2.24, 2.45) is 0 Å². The van der Waals surface area contributed by atoms with Crippen LogP contribution in [-0.4, -0.2) is 15.5 Å². The van der Waals surface area contributed by atoms with Crippen molar-refractivity contribution in [2.45, 2.75) is 46.1 Å². The number of para-hydroxylation sites is 1. The predicted molar refractivity (Wildman–Crippen MR) is 121 cm³/mol. The summed E-state index contributed by atoms with van der Waals surface area (Å²) in [6, 6.07) is 14.3.